The summed E-state index contributed by atoms with van der Waals surface area (Å²) >= 11 is 0. The lowest BCUT2D eigenvalue weighted by Crippen LogP contribution is -2.41. The molecule has 1 amide bonds. The van der Waals surface area contributed by atoms with Gasteiger partial charge in [0, 0.05) is 45.0 Å². The van der Waals surface area contributed by atoms with Gasteiger partial charge in [0.05, 0.1) is 12.1 Å². The van der Waals surface area contributed by atoms with Crippen molar-refractivity contribution in [1.29, 1.82) is 0 Å². The normalized spacial score (nSPS) is 24.9. The zero-order valence-electron chi connectivity index (χ0n) is 14.5. The first-order chi connectivity index (χ1) is 11.6. The minimum Gasteiger partial charge on any atom is -0.390 e. The number of hydrogen-bond acceptors (Lipinski definition) is 5. The number of aromatic nitrogens is 1. The van der Waals surface area contributed by atoms with E-state index in [1.165, 1.54) is 12.8 Å². The van der Waals surface area contributed by atoms with Gasteiger partial charge in [0.2, 0.25) is 5.91 Å². The van der Waals surface area contributed by atoms with Crippen molar-refractivity contribution in [1.82, 2.24) is 19.7 Å². The van der Waals surface area contributed by atoms with Gasteiger partial charge in [0.1, 0.15) is 0 Å². The number of hydrogen-bond donors (Lipinski definition) is 1. The smallest absolute Gasteiger partial charge is 0.224 e. The third kappa shape index (κ3) is 4.32. The first-order valence-corrected chi connectivity index (χ1v) is 8.91. The Hall–Kier alpha value is -1.50. The number of nitrogens with zero attached hydrogens (tertiary/aromatic N) is 4. The van der Waals surface area contributed by atoms with E-state index in [-0.39, 0.29) is 11.9 Å². The maximum Gasteiger partial charge on any atom is 0.224 e. The van der Waals surface area contributed by atoms with Gasteiger partial charge < -0.3 is 14.9 Å². The molecule has 1 aromatic rings. The van der Waals surface area contributed by atoms with E-state index in [4.69, 9.17) is 0 Å². The summed E-state index contributed by atoms with van der Waals surface area (Å²) < 4.78 is 0. The molecular formula is C18H28N4O2. The van der Waals surface area contributed by atoms with Crippen LogP contribution >= 0.6 is 0 Å². The van der Waals surface area contributed by atoms with Gasteiger partial charge in [-0.05, 0) is 44.6 Å². The number of pyridine rings is 1. The molecule has 2 atom stereocenters. The van der Waals surface area contributed by atoms with Crippen LogP contribution in [0.15, 0.2) is 24.5 Å². The molecule has 3 rings (SSSR count). The highest BCUT2D eigenvalue weighted by atomic mass is 16.3. The quantitative estimate of drug-likeness (QED) is 0.825. The van der Waals surface area contributed by atoms with Crippen molar-refractivity contribution < 1.29 is 9.90 Å². The van der Waals surface area contributed by atoms with Crippen molar-refractivity contribution in [3.8, 4) is 0 Å². The number of β-amino-alcohol motifs (C(OH)–C–C–N with tert-alkyl or cyclic N) is 1. The number of aliphatic hydroxyl groups is 1. The second kappa shape index (κ2) is 8.05. The van der Waals surface area contributed by atoms with Crippen molar-refractivity contribution in [3.63, 3.8) is 0 Å². The Kier molecular flexibility index (Phi) is 5.81. The van der Waals surface area contributed by atoms with Crippen LogP contribution in [0.25, 0.3) is 0 Å². The van der Waals surface area contributed by atoms with E-state index in [1.54, 1.807) is 6.20 Å². The Balaban J connectivity index is 1.43. The summed E-state index contributed by atoms with van der Waals surface area (Å²) in [7, 11) is 2.02. The van der Waals surface area contributed by atoms with E-state index >= 15 is 0 Å². The fraction of sp³-hybridized carbons (Fsp3) is 0.667. The van der Waals surface area contributed by atoms with E-state index in [2.05, 4.69) is 14.8 Å². The summed E-state index contributed by atoms with van der Waals surface area (Å²) in [6.07, 6.45) is 6.13. The third-order valence-electron chi connectivity index (χ3n) is 5.10. The summed E-state index contributed by atoms with van der Waals surface area (Å²) in [5.41, 5.74) is 1.15. The van der Waals surface area contributed by atoms with Crippen LogP contribution in [0.1, 0.15) is 24.8 Å². The van der Waals surface area contributed by atoms with Crippen molar-refractivity contribution >= 4 is 5.91 Å². The molecule has 132 valence electrons. The molecule has 6 nitrogen and oxygen atoms in total. The topological polar surface area (TPSA) is 59.9 Å². The predicted molar refractivity (Wildman–Crippen MR) is 92.4 cm³/mol. The van der Waals surface area contributed by atoms with Crippen molar-refractivity contribution in [2.24, 2.45) is 0 Å². The van der Waals surface area contributed by atoms with Gasteiger partial charge in [0.15, 0.2) is 0 Å². The van der Waals surface area contributed by atoms with Gasteiger partial charge in [-0.15, -0.1) is 0 Å². The van der Waals surface area contributed by atoms with Crippen molar-refractivity contribution in [2.45, 2.75) is 38.0 Å². The number of amides is 1. The van der Waals surface area contributed by atoms with Gasteiger partial charge >= 0.3 is 0 Å². The van der Waals surface area contributed by atoms with Gasteiger partial charge in [-0.1, -0.05) is 6.07 Å². The second-order valence-corrected chi connectivity index (χ2v) is 7.03. The van der Waals surface area contributed by atoms with Crippen LogP contribution in [0.2, 0.25) is 0 Å². The minimum atomic E-state index is -0.403. The maximum absolute atomic E-state index is 12.5. The first-order valence-electron chi connectivity index (χ1n) is 8.91. The highest BCUT2D eigenvalue weighted by molar-refractivity contribution is 5.76. The van der Waals surface area contributed by atoms with Crippen LogP contribution in [-0.4, -0.2) is 82.6 Å². The van der Waals surface area contributed by atoms with Crippen LogP contribution in [0, 0.1) is 0 Å². The first kappa shape index (κ1) is 17.3. The summed E-state index contributed by atoms with van der Waals surface area (Å²) in [5, 5.41) is 10.3. The number of rotatable bonds is 6. The summed E-state index contributed by atoms with van der Waals surface area (Å²) in [6.45, 7) is 4.77. The molecule has 0 saturated carbocycles. The largest absolute Gasteiger partial charge is 0.390 e. The predicted octanol–water partition coefficient (Wildman–Crippen LogP) is 0.571. The van der Waals surface area contributed by atoms with Crippen LogP contribution in [0.5, 0.6) is 0 Å². The van der Waals surface area contributed by atoms with Gasteiger partial charge in [-0.25, -0.2) is 0 Å². The van der Waals surface area contributed by atoms with Crippen LogP contribution in [0.3, 0.4) is 0 Å². The molecule has 2 fully saturated rings. The lowest BCUT2D eigenvalue weighted by atomic mass is 10.2. The molecule has 2 aliphatic rings. The lowest BCUT2D eigenvalue weighted by molar-refractivity contribution is -0.130. The van der Waals surface area contributed by atoms with Crippen LogP contribution in [0.4, 0.5) is 0 Å². The monoisotopic (exact) mass is 332 g/mol. The average molecular weight is 332 g/mol. The van der Waals surface area contributed by atoms with Gasteiger partial charge in [0.25, 0.3) is 0 Å². The molecular weight excluding hydrogens is 304 g/mol. The van der Waals surface area contributed by atoms with Crippen molar-refractivity contribution in [2.75, 3.05) is 39.8 Å². The Bertz CT molecular complexity index is 533. The molecule has 0 aliphatic carbocycles. The van der Waals surface area contributed by atoms with Crippen molar-refractivity contribution in [3.05, 3.63) is 30.1 Å². The summed E-state index contributed by atoms with van der Waals surface area (Å²) in [6, 6.07) is 4.10. The molecule has 1 aromatic heterocycles. The van der Waals surface area contributed by atoms with Gasteiger partial charge in [-0.2, -0.15) is 0 Å². The zero-order chi connectivity index (χ0) is 16.9. The molecule has 24 heavy (non-hydrogen) atoms. The molecule has 0 bridgehead atoms. The molecule has 3 heterocycles. The van der Waals surface area contributed by atoms with E-state index in [9.17, 15) is 9.90 Å². The average Bonchev–Trinajstić information content (AvgIpc) is 3.23. The fourth-order valence-corrected chi connectivity index (χ4v) is 3.73. The number of aliphatic hydroxyl groups excluding tert-OH is 1. The van der Waals surface area contributed by atoms with E-state index in [0.29, 0.717) is 26.1 Å². The molecule has 0 unspecified atom stereocenters. The van der Waals surface area contributed by atoms with Crippen LogP contribution in [-0.2, 0) is 11.3 Å². The lowest BCUT2D eigenvalue weighted by Gasteiger charge is -2.25. The molecule has 2 saturated heterocycles. The Labute approximate surface area is 144 Å². The molecule has 0 aromatic carbocycles. The molecule has 0 spiro atoms. The van der Waals surface area contributed by atoms with Crippen LogP contribution < -0.4 is 0 Å². The highest BCUT2D eigenvalue weighted by Gasteiger charge is 2.38. The Morgan fingerprint density at radius 1 is 1.38 bits per heavy atom. The molecule has 2 aliphatic heterocycles. The molecule has 6 heteroatoms. The summed E-state index contributed by atoms with van der Waals surface area (Å²) in [5.74, 6) is 0.147. The third-order valence-corrected chi connectivity index (χ3v) is 5.10. The zero-order valence-corrected chi connectivity index (χ0v) is 14.5. The van der Waals surface area contributed by atoms with E-state index in [1.807, 2.05) is 30.3 Å². The number of carbonyl (C=O) groups excluding carboxylic acids is 1. The van der Waals surface area contributed by atoms with E-state index < -0.39 is 6.10 Å². The van der Waals surface area contributed by atoms with Gasteiger partial charge in [-0.3, -0.25) is 14.7 Å². The highest BCUT2D eigenvalue weighted by Crippen LogP contribution is 2.21. The summed E-state index contributed by atoms with van der Waals surface area (Å²) in [4.78, 5) is 22.9. The Morgan fingerprint density at radius 2 is 2.17 bits per heavy atom. The second-order valence-electron chi connectivity index (χ2n) is 7.03. The Morgan fingerprint density at radius 3 is 2.88 bits per heavy atom. The number of likely N-dealkylation sites (tertiary alicyclic amines) is 2. The molecule has 0 radical (unpaired) electrons. The minimum absolute atomic E-state index is 0.129. The number of carbonyl (C=O) groups is 1. The standard InChI is InChI=1S/C18H28N4O2/c1-20(12-15-5-4-7-19-11-15)10-6-18(24)22-13-16(17(23)14-22)21-8-2-3-9-21/h4-5,7,11,16-17,23H,2-3,6,8-10,12-14H2,1H3/t16-,17-/m1/s1. The maximum atomic E-state index is 12.5. The fourth-order valence-electron chi connectivity index (χ4n) is 3.73. The van der Waals surface area contributed by atoms with E-state index in [0.717, 1.165) is 25.2 Å². The SMILES string of the molecule is CN(CCC(=O)N1C[C@@H](O)[C@H](N2CCCC2)C1)Cc1cccnc1. The molecule has 1 N–H and O–H groups in total.